The molecule has 1 saturated carbocycles. The van der Waals surface area contributed by atoms with E-state index in [1.807, 2.05) is 12.3 Å². The fourth-order valence-electron chi connectivity index (χ4n) is 3.16. The Balaban J connectivity index is 2.00. The van der Waals surface area contributed by atoms with Gasteiger partial charge in [-0.25, -0.2) is 0 Å². The Morgan fingerprint density at radius 3 is 2.39 bits per heavy atom. The van der Waals surface area contributed by atoms with Crippen molar-refractivity contribution in [2.45, 2.75) is 37.6 Å². The minimum absolute atomic E-state index is 0.173. The van der Waals surface area contributed by atoms with Gasteiger partial charge in [0.1, 0.15) is 0 Å². The van der Waals surface area contributed by atoms with E-state index in [0.29, 0.717) is 0 Å². The molecule has 3 heteroatoms. The fraction of sp³-hybridized carbons (Fsp3) is 0.533. The molecule has 0 bridgehead atoms. The predicted octanol–water partition coefficient (Wildman–Crippen LogP) is 2.99. The van der Waals surface area contributed by atoms with Crippen LogP contribution in [0.25, 0.3) is 0 Å². The molecule has 0 saturated heterocycles. The molecule has 1 aromatic carbocycles. The van der Waals surface area contributed by atoms with Crippen molar-refractivity contribution >= 4 is 6.21 Å². The summed E-state index contributed by atoms with van der Waals surface area (Å²) in [6.45, 7) is 0. The zero-order chi connectivity index (χ0) is 12.6. The van der Waals surface area contributed by atoms with Crippen LogP contribution in [0.2, 0.25) is 0 Å². The van der Waals surface area contributed by atoms with Crippen LogP contribution in [-0.2, 0) is 6.42 Å². The molecule has 18 heavy (non-hydrogen) atoms. The SMILES string of the molecule is COc1cc2c(cc1OC)CC1(CCCC1)N=C2. The maximum Gasteiger partial charge on any atom is 0.161 e. The van der Waals surface area contributed by atoms with Crippen molar-refractivity contribution in [3.8, 4) is 11.5 Å². The first-order valence-electron chi connectivity index (χ1n) is 6.56. The number of nitrogens with zero attached hydrogens (tertiary/aromatic N) is 1. The molecule has 0 unspecified atom stereocenters. The third kappa shape index (κ3) is 1.78. The first-order valence-corrected chi connectivity index (χ1v) is 6.56. The number of benzene rings is 1. The van der Waals surface area contributed by atoms with Gasteiger partial charge in [0.15, 0.2) is 11.5 Å². The van der Waals surface area contributed by atoms with Gasteiger partial charge in [0.25, 0.3) is 0 Å². The van der Waals surface area contributed by atoms with Crippen molar-refractivity contribution < 1.29 is 9.47 Å². The van der Waals surface area contributed by atoms with Gasteiger partial charge < -0.3 is 9.47 Å². The molecular weight excluding hydrogens is 226 g/mol. The van der Waals surface area contributed by atoms with E-state index < -0.39 is 0 Å². The van der Waals surface area contributed by atoms with Crippen molar-refractivity contribution in [1.82, 2.24) is 0 Å². The topological polar surface area (TPSA) is 30.8 Å². The van der Waals surface area contributed by atoms with Gasteiger partial charge in [-0.1, -0.05) is 12.8 Å². The summed E-state index contributed by atoms with van der Waals surface area (Å²) in [4.78, 5) is 4.81. The Hall–Kier alpha value is -1.51. The number of ether oxygens (including phenoxy) is 2. The molecule has 2 aliphatic rings. The molecule has 0 aromatic heterocycles. The van der Waals surface area contributed by atoms with Crippen molar-refractivity contribution in [1.29, 1.82) is 0 Å². The highest BCUT2D eigenvalue weighted by molar-refractivity contribution is 5.85. The molecule has 1 aromatic rings. The number of hydrogen-bond acceptors (Lipinski definition) is 3. The minimum Gasteiger partial charge on any atom is -0.493 e. The summed E-state index contributed by atoms with van der Waals surface area (Å²) in [6.07, 6.45) is 8.11. The monoisotopic (exact) mass is 245 g/mol. The van der Waals surface area contributed by atoms with E-state index in [9.17, 15) is 0 Å². The summed E-state index contributed by atoms with van der Waals surface area (Å²) in [5, 5.41) is 0. The lowest BCUT2D eigenvalue weighted by Gasteiger charge is -2.29. The van der Waals surface area contributed by atoms with E-state index >= 15 is 0 Å². The van der Waals surface area contributed by atoms with Crippen LogP contribution >= 0.6 is 0 Å². The van der Waals surface area contributed by atoms with Gasteiger partial charge in [-0.3, -0.25) is 4.99 Å². The lowest BCUT2D eigenvalue weighted by molar-refractivity contribution is 0.353. The Bertz CT molecular complexity index is 488. The molecule has 1 heterocycles. The highest BCUT2D eigenvalue weighted by atomic mass is 16.5. The number of rotatable bonds is 2. The van der Waals surface area contributed by atoms with Crippen LogP contribution in [0.15, 0.2) is 17.1 Å². The smallest absolute Gasteiger partial charge is 0.161 e. The molecule has 1 aliphatic heterocycles. The molecule has 3 nitrogen and oxygen atoms in total. The number of hydrogen-bond donors (Lipinski definition) is 0. The van der Waals surface area contributed by atoms with E-state index in [-0.39, 0.29) is 5.54 Å². The van der Waals surface area contributed by atoms with Crippen molar-refractivity contribution in [3.05, 3.63) is 23.3 Å². The van der Waals surface area contributed by atoms with Crippen LogP contribution in [-0.4, -0.2) is 26.0 Å². The van der Waals surface area contributed by atoms with Crippen LogP contribution in [0.1, 0.15) is 36.8 Å². The molecule has 3 rings (SSSR count). The summed E-state index contributed by atoms with van der Waals surface area (Å²) in [6, 6.07) is 4.14. The molecule has 0 amide bonds. The quantitative estimate of drug-likeness (QED) is 0.802. The summed E-state index contributed by atoms with van der Waals surface area (Å²) in [7, 11) is 3.36. The van der Waals surface area contributed by atoms with Gasteiger partial charge in [0.05, 0.1) is 19.8 Å². The van der Waals surface area contributed by atoms with E-state index in [2.05, 4.69) is 6.07 Å². The van der Waals surface area contributed by atoms with Crippen molar-refractivity contribution in [2.24, 2.45) is 4.99 Å². The van der Waals surface area contributed by atoms with E-state index in [4.69, 9.17) is 14.5 Å². The molecular formula is C15H19NO2. The third-order valence-electron chi connectivity index (χ3n) is 4.18. The van der Waals surface area contributed by atoms with Gasteiger partial charge in [-0.15, -0.1) is 0 Å². The second-order valence-corrected chi connectivity index (χ2v) is 5.27. The Morgan fingerprint density at radius 1 is 1.06 bits per heavy atom. The second kappa shape index (κ2) is 4.30. The average molecular weight is 245 g/mol. The summed E-state index contributed by atoms with van der Waals surface area (Å²) in [5.41, 5.74) is 2.68. The average Bonchev–Trinajstić information content (AvgIpc) is 2.85. The molecule has 0 N–H and O–H groups in total. The van der Waals surface area contributed by atoms with Gasteiger partial charge >= 0.3 is 0 Å². The Kier molecular flexibility index (Phi) is 2.77. The standard InChI is InChI=1S/C15H19NO2/c1-17-13-7-11-9-15(5-3-4-6-15)16-10-12(11)8-14(13)18-2/h7-8,10H,3-6,9H2,1-2H3. The highest BCUT2D eigenvalue weighted by Crippen LogP contribution is 2.41. The zero-order valence-electron chi connectivity index (χ0n) is 11.0. The lowest BCUT2D eigenvalue weighted by atomic mass is 9.85. The summed E-state index contributed by atoms with van der Waals surface area (Å²) < 4.78 is 10.7. The second-order valence-electron chi connectivity index (χ2n) is 5.27. The van der Waals surface area contributed by atoms with E-state index in [1.165, 1.54) is 36.8 Å². The Morgan fingerprint density at radius 2 is 1.72 bits per heavy atom. The van der Waals surface area contributed by atoms with Crippen molar-refractivity contribution in [2.75, 3.05) is 14.2 Å². The molecule has 0 atom stereocenters. The lowest BCUT2D eigenvalue weighted by Crippen LogP contribution is -2.29. The van der Waals surface area contributed by atoms with Gasteiger partial charge in [-0.2, -0.15) is 0 Å². The van der Waals surface area contributed by atoms with Crippen LogP contribution in [0.4, 0.5) is 0 Å². The Labute approximate surface area is 108 Å². The van der Waals surface area contributed by atoms with Crippen molar-refractivity contribution in [3.63, 3.8) is 0 Å². The van der Waals surface area contributed by atoms with Gasteiger partial charge in [-0.05, 0) is 42.5 Å². The summed E-state index contributed by atoms with van der Waals surface area (Å²) in [5.74, 6) is 1.60. The maximum absolute atomic E-state index is 5.38. The minimum atomic E-state index is 0.173. The van der Waals surface area contributed by atoms with E-state index in [1.54, 1.807) is 14.2 Å². The van der Waals surface area contributed by atoms with Crippen LogP contribution < -0.4 is 9.47 Å². The van der Waals surface area contributed by atoms with Gasteiger partial charge in [0, 0.05) is 6.21 Å². The molecule has 1 aliphatic carbocycles. The number of fused-ring (bicyclic) bond motifs is 1. The normalized spacial score (nSPS) is 19.9. The predicted molar refractivity (Wildman–Crippen MR) is 72.0 cm³/mol. The number of aliphatic imine (C=N–C) groups is 1. The molecule has 1 spiro atoms. The number of methoxy groups -OCH3 is 2. The first kappa shape index (κ1) is 11.6. The van der Waals surface area contributed by atoms with Crippen LogP contribution in [0.5, 0.6) is 11.5 Å². The molecule has 1 fully saturated rings. The molecule has 96 valence electrons. The zero-order valence-corrected chi connectivity index (χ0v) is 11.0. The third-order valence-corrected chi connectivity index (χ3v) is 4.18. The summed E-state index contributed by atoms with van der Waals surface area (Å²) >= 11 is 0. The van der Waals surface area contributed by atoms with Gasteiger partial charge in [0.2, 0.25) is 0 Å². The highest BCUT2D eigenvalue weighted by Gasteiger charge is 2.35. The van der Waals surface area contributed by atoms with E-state index in [0.717, 1.165) is 17.9 Å². The van der Waals surface area contributed by atoms with Crippen LogP contribution in [0, 0.1) is 0 Å². The maximum atomic E-state index is 5.38. The first-order chi connectivity index (χ1) is 8.76. The molecule has 0 radical (unpaired) electrons. The fourth-order valence-corrected chi connectivity index (χ4v) is 3.16. The largest absolute Gasteiger partial charge is 0.493 e. The van der Waals surface area contributed by atoms with Crippen LogP contribution in [0.3, 0.4) is 0 Å².